The molecule has 0 radical (unpaired) electrons. The summed E-state index contributed by atoms with van der Waals surface area (Å²) in [5.41, 5.74) is 4.21. The van der Waals surface area contributed by atoms with Gasteiger partial charge in [-0.1, -0.05) is 133 Å². The number of anilines is 1. The summed E-state index contributed by atoms with van der Waals surface area (Å²) in [6.07, 6.45) is 17.1. The summed E-state index contributed by atoms with van der Waals surface area (Å²) < 4.78 is 43.3. The molecule has 1 aliphatic carbocycles. The number of aromatic nitrogens is 3. The second kappa shape index (κ2) is 21.4. The number of ether oxygens (including phenoxy) is 3. The molecule has 0 spiro atoms. The van der Waals surface area contributed by atoms with Crippen molar-refractivity contribution in [2.75, 3.05) is 25.6 Å². The number of hydrogen-bond donors (Lipinski definition) is 4. The molecule has 2 aliphatic rings. The number of nitrogen functional groups attached to an aromatic ring is 1. The Bertz CT molecular complexity index is 1720. The first-order valence-corrected chi connectivity index (χ1v) is 22.6. The van der Waals surface area contributed by atoms with Crippen molar-refractivity contribution in [3.05, 3.63) is 58.0 Å². The molecule has 0 amide bonds. The molecule has 13 nitrogen and oxygen atoms in total. The van der Waals surface area contributed by atoms with Gasteiger partial charge in [0.1, 0.15) is 41.9 Å². The molecular weight excluding hydrogens is 782 g/mol. The van der Waals surface area contributed by atoms with E-state index in [9.17, 15) is 19.7 Å². The van der Waals surface area contributed by atoms with E-state index in [-0.39, 0.29) is 25.6 Å². The predicted molar refractivity (Wildman–Crippen MR) is 217 cm³/mol. The fourth-order valence-electron chi connectivity index (χ4n) is 7.54. The highest BCUT2D eigenvalue weighted by Gasteiger charge is 2.82. The van der Waals surface area contributed by atoms with Gasteiger partial charge < -0.3 is 35.1 Å². The molecule has 5 rings (SSSR count). The van der Waals surface area contributed by atoms with E-state index in [1.165, 1.54) is 94.3 Å². The summed E-state index contributed by atoms with van der Waals surface area (Å²) in [4.78, 5) is 14.7. The van der Waals surface area contributed by atoms with Gasteiger partial charge in [0.25, 0.3) is 0 Å². The lowest BCUT2D eigenvalue weighted by molar-refractivity contribution is -0.127. The smallest absolute Gasteiger partial charge is 0.386 e. The first kappa shape index (κ1) is 45.2. The third-order valence-corrected chi connectivity index (χ3v) is 12.7. The van der Waals surface area contributed by atoms with Crippen LogP contribution >= 0.6 is 31.0 Å². The van der Waals surface area contributed by atoms with Crippen LogP contribution in [0.25, 0.3) is 5.52 Å². The molecule has 2 unspecified atom stereocenters. The number of nitrogens with zero attached hydrogens (tertiary/aromatic N) is 3. The first-order valence-electron chi connectivity index (χ1n) is 20.4. The molecule has 1 saturated heterocycles. The van der Waals surface area contributed by atoms with E-state index >= 15 is 0 Å². The van der Waals surface area contributed by atoms with Gasteiger partial charge in [0.15, 0.2) is 11.4 Å². The molecule has 1 aromatic carbocycles. The fraction of sp³-hybridized carbons (Fsp3) is 0.700. The lowest BCUT2D eigenvalue weighted by atomic mass is 9.91. The average Bonchev–Trinajstić information content (AvgIpc) is 3.42. The van der Waals surface area contributed by atoms with Gasteiger partial charge in [0, 0.05) is 6.61 Å². The maximum absolute atomic E-state index is 13.1. The monoisotopic (exact) mass is 842 g/mol. The zero-order valence-corrected chi connectivity index (χ0v) is 35.2. The van der Waals surface area contributed by atoms with Gasteiger partial charge in [0.2, 0.25) is 0 Å². The van der Waals surface area contributed by atoms with Crippen molar-refractivity contribution >= 4 is 42.4 Å². The van der Waals surface area contributed by atoms with Gasteiger partial charge in [-0.15, -0.1) is 0 Å². The lowest BCUT2D eigenvalue weighted by Gasteiger charge is -2.32. The van der Waals surface area contributed by atoms with Gasteiger partial charge in [0.05, 0.1) is 35.6 Å². The van der Waals surface area contributed by atoms with E-state index in [2.05, 4.69) is 17.0 Å². The number of benzene rings is 1. The number of unbranched alkanes of at least 4 members (excludes halogenated alkanes) is 15. The standard InChI is InChI=1S/C40H61Cl2N4O9P/c1-3-4-5-6-7-8-9-10-11-12-13-14-15-16-17-18-23-51-26-30(52-25-29-19-20-31(41)32(42)24-29)27-53-56(49,50)55-36-35-40(36,48)38(47)39(2,54-35)34-22-21-33-37(43)44-28-45-46(33)34/h19-22,24,28,30,35-36,38,47-48H,3-18,23,25-27H2,1-2H3,(H,49,50)(H2,43,44,45)/t30-,35-,36?,38+,39+,40+/m1/s1. The van der Waals surface area contributed by atoms with E-state index in [1.54, 1.807) is 37.3 Å². The maximum Gasteiger partial charge on any atom is 0.472 e. The number of rotatable bonds is 28. The molecule has 3 heterocycles. The molecule has 7 atom stereocenters. The topological polar surface area (TPSA) is 180 Å². The highest BCUT2D eigenvalue weighted by atomic mass is 35.5. The Balaban J connectivity index is 1.01. The van der Waals surface area contributed by atoms with Crippen LogP contribution in [0.1, 0.15) is 128 Å². The molecule has 16 heteroatoms. The number of halogens is 2. The Labute approximate surface area is 341 Å². The van der Waals surface area contributed by atoms with Crippen LogP contribution in [0.3, 0.4) is 0 Å². The van der Waals surface area contributed by atoms with Crippen molar-refractivity contribution in [3.63, 3.8) is 0 Å². The molecule has 314 valence electrons. The second-order valence-corrected chi connectivity index (χ2v) is 17.7. The minimum atomic E-state index is -4.77. The normalized spacial score (nSPS) is 24.7. The maximum atomic E-state index is 13.1. The molecule has 1 aliphatic heterocycles. The Kier molecular flexibility index (Phi) is 17.3. The van der Waals surface area contributed by atoms with Crippen LogP contribution in [0.5, 0.6) is 0 Å². The average molecular weight is 844 g/mol. The van der Waals surface area contributed by atoms with Crippen LogP contribution in [-0.4, -0.2) is 79.5 Å². The van der Waals surface area contributed by atoms with E-state index in [0.29, 0.717) is 27.9 Å². The Morgan fingerprint density at radius 3 is 2.14 bits per heavy atom. The van der Waals surface area contributed by atoms with Gasteiger partial charge >= 0.3 is 7.82 Å². The summed E-state index contributed by atoms with van der Waals surface area (Å²) in [5, 5.41) is 27.6. The van der Waals surface area contributed by atoms with Gasteiger partial charge in [-0.05, 0) is 43.2 Å². The highest BCUT2D eigenvalue weighted by molar-refractivity contribution is 7.47. The first-order chi connectivity index (χ1) is 26.9. The van der Waals surface area contributed by atoms with E-state index in [4.69, 9.17) is 52.2 Å². The number of fused-ring (bicyclic) bond motifs is 2. The zero-order valence-electron chi connectivity index (χ0n) is 32.8. The molecule has 56 heavy (non-hydrogen) atoms. The molecule has 5 N–H and O–H groups in total. The van der Waals surface area contributed by atoms with Gasteiger partial charge in [-0.25, -0.2) is 14.1 Å². The molecule has 3 aromatic rings. The molecule has 1 saturated carbocycles. The number of phosphoric ester groups is 1. The molecular formula is C40H61Cl2N4O9P. The number of phosphoric acid groups is 1. The fourth-order valence-corrected chi connectivity index (χ4v) is 8.85. The van der Waals surface area contributed by atoms with Crippen LogP contribution in [0.2, 0.25) is 10.0 Å². The second-order valence-electron chi connectivity index (χ2n) is 15.4. The van der Waals surface area contributed by atoms with Crippen LogP contribution < -0.4 is 5.73 Å². The molecule has 2 aromatic heterocycles. The Hall–Kier alpha value is -1.87. The third kappa shape index (κ3) is 11.9. The summed E-state index contributed by atoms with van der Waals surface area (Å²) in [7, 11) is -4.77. The Morgan fingerprint density at radius 1 is 0.929 bits per heavy atom. The number of aliphatic hydroxyl groups is 2. The van der Waals surface area contributed by atoms with E-state index in [0.717, 1.165) is 24.8 Å². The molecule has 0 bridgehead atoms. The summed E-state index contributed by atoms with van der Waals surface area (Å²) in [6, 6.07) is 8.46. The van der Waals surface area contributed by atoms with Crippen molar-refractivity contribution < 1.29 is 42.9 Å². The quantitative estimate of drug-likeness (QED) is 0.0404. The largest absolute Gasteiger partial charge is 0.472 e. The highest BCUT2D eigenvalue weighted by Crippen LogP contribution is 2.63. The van der Waals surface area contributed by atoms with Crippen molar-refractivity contribution in [2.24, 2.45) is 0 Å². The van der Waals surface area contributed by atoms with Crippen LogP contribution in [0, 0.1) is 0 Å². The van der Waals surface area contributed by atoms with E-state index in [1.807, 2.05) is 0 Å². The number of nitrogens with two attached hydrogens (primary N) is 1. The minimum Gasteiger partial charge on any atom is -0.386 e. The summed E-state index contributed by atoms with van der Waals surface area (Å²) in [6.45, 7) is 4.25. The van der Waals surface area contributed by atoms with Crippen molar-refractivity contribution in [1.29, 1.82) is 0 Å². The Morgan fingerprint density at radius 2 is 1.55 bits per heavy atom. The van der Waals surface area contributed by atoms with E-state index < -0.39 is 43.4 Å². The number of aliphatic hydroxyl groups excluding tert-OH is 1. The third-order valence-electron chi connectivity index (χ3n) is 11.0. The van der Waals surface area contributed by atoms with Crippen LogP contribution in [0.15, 0.2) is 36.7 Å². The van der Waals surface area contributed by atoms with Crippen molar-refractivity contribution in [1.82, 2.24) is 14.6 Å². The zero-order chi connectivity index (χ0) is 40.2. The predicted octanol–water partition coefficient (Wildman–Crippen LogP) is 8.70. The SMILES string of the molecule is CCCCCCCCCCCCCCCCCCOC[C@H](COP(=O)(O)OC1[C@H]2O[C@@](C)(c3ccc4c(N)ncnn34)[C@H](O)[C@@]12O)OCc1ccc(Cl)c(Cl)c1. The number of hydrogen-bond acceptors (Lipinski definition) is 11. The van der Waals surface area contributed by atoms with Crippen LogP contribution in [-0.2, 0) is 40.0 Å². The minimum absolute atomic E-state index is 0.107. The summed E-state index contributed by atoms with van der Waals surface area (Å²) >= 11 is 12.2. The van der Waals surface area contributed by atoms with Crippen molar-refractivity contribution in [2.45, 2.75) is 159 Å². The van der Waals surface area contributed by atoms with Crippen LogP contribution in [0.4, 0.5) is 5.82 Å². The van der Waals surface area contributed by atoms with Gasteiger partial charge in [-0.2, -0.15) is 5.10 Å². The van der Waals surface area contributed by atoms with Crippen molar-refractivity contribution in [3.8, 4) is 0 Å². The van der Waals surface area contributed by atoms with Gasteiger partial charge in [-0.3, -0.25) is 9.05 Å². The molecule has 2 fully saturated rings. The summed E-state index contributed by atoms with van der Waals surface area (Å²) in [5.74, 6) is 0.232. The lowest BCUT2D eigenvalue weighted by Crippen LogP contribution is -2.46.